The van der Waals surface area contributed by atoms with Gasteiger partial charge in [0.25, 0.3) is 0 Å². The van der Waals surface area contributed by atoms with Gasteiger partial charge in [0.15, 0.2) is 8.32 Å². The van der Waals surface area contributed by atoms with Crippen LogP contribution >= 0.6 is 64.0 Å². The van der Waals surface area contributed by atoms with E-state index in [2.05, 4.69) is 181 Å². The Morgan fingerprint density at radius 1 is 0.536 bits per heavy atom. The monoisotopic (exact) mass is 1820 g/mol. The van der Waals surface area contributed by atoms with Gasteiger partial charge < -0.3 is 85.1 Å². The summed E-state index contributed by atoms with van der Waals surface area (Å²) in [6.07, 6.45) is 29.5. The fourth-order valence-electron chi connectivity index (χ4n) is 5.58. The molecule has 110 heavy (non-hydrogen) atoms. The number of carbonyl (C=O) groups excluding carboxylic acids is 6. The fourth-order valence-corrected chi connectivity index (χ4v) is 10.4. The van der Waals surface area contributed by atoms with Crippen molar-refractivity contribution in [1.82, 2.24) is 0 Å². The lowest BCUT2D eigenvalue weighted by Gasteiger charge is -2.37. The van der Waals surface area contributed by atoms with Crippen LogP contribution in [0.3, 0.4) is 0 Å². The third-order valence-corrected chi connectivity index (χ3v) is 21.4. The summed E-state index contributed by atoms with van der Waals surface area (Å²) >= 11 is 9.33. The first-order chi connectivity index (χ1) is 52.4. The number of Topliss-reactive ketones (excluding diaryl/α,β-unsaturated/α-hetero) is 1. The minimum absolute atomic E-state index is 0.00444. The van der Waals surface area contributed by atoms with Crippen LogP contribution in [0.4, 0.5) is 0 Å². The van der Waals surface area contributed by atoms with Gasteiger partial charge in [0.2, 0.25) is 0 Å². The number of carbonyl (C=O) groups is 6. The van der Waals surface area contributed by atoms with E-state index in [-0.39, 0.29) is 87.4 Å². The first kappa shape index (κ1) is 124. The van der Waals surface area contributed by atoms with Crippen molar-refractivity contribution in [3.63, 3.8) is 0 Å². The lowest BCUT2D eigenvalue weighted by Crippen LogP contribution is -2.44. The minimum atomic E-state index is -3.03. The molecule has 0 spiro atoms. The van der Waals surface area contributed by atoms with Crippen LogP contribution in [0.15, 0.2) is 47.5 Å². The second-order valence-corrected chi connectivity index (χ2v) is 37.5. The van der Waals surface area contributed by atoms with Gasteiger partial charge in [-0.25, -0.2) is 19.2 Å². The molecule has 3 N–H and O–H groups in total. The van der Waals surface area contributed by atoms with Crippen molar-refractivity contribution in [2.24, 2.45) is 0 Å². The Morgan fingerprint density at radius 2 is 0.927 bits per heavy atom. The van der Waals surface area contributed by atoms with Gasteiger partial charge in [0.05, 0.1) is 117 Å². The van der Waals surface area contributed by atoms with E-state index in [0.29, 0.717) is 136 Å². The van der Waals surface area contributed by atoms with Crippen molar-refractivity contribution < 1.29 is 114 Å². The van der Waals surface area contributed by atoms with E-state index in [4.69, 9.17) is 78.9 Å². The number of ketones is 1. The molecular weight excluding hydrogens is 1690 g/mol. The zero-order chi connectivity index (χ0) is 85.7. The Bertz CT molecular complexity index is 2640. The molecule has 0 radical (unpaired) electrons. The summed E-state index contributed by atoms with van der Waals surface area (Å²) in [5.74, 6) is 23.6. The van der Waals surface area contributed by atoms with Gasteiger partial charge in [-0.15, -0.1) is 36.2 Å². The molecule has 0 aliphatic heterocycles. The van der Waals surface area contributed by atoms with Gasteiger partial charge in [-0.3, -0.25) is 9.36 Å². The molecule has 0 aromatic carbocycles. The predicted molar refractivity (Wildman–Crippen MR) is 459 cm³/mol. The third-order valence-electron chi connectivity index (χ3n) is 11.2. The van der Waals surface area contributed by atoms with E-state index < -0.39 is 32.6 Å². The van der Waals surface area contributed by atoms with E-state index in [0.717, 1.165) is 24.5 Å². The van der Waals surface area contributed by atoms with Gasteiger partial charge >= 0.3 is 40.1 Å². The van der Waals surface area contributed by atoms with Crippen LogP contribution < -0.4 is 0 Å². The number of aliphatic hydroxyl groups excluding tert-OH is 3. The number of halogens is 3. The van der Waals surface area contributed by atoms with Crippen LogP contribution in [0.25, 0.3) is 0 Å². The van der Waals surface area contributed by atoms with Crippen molar-refractivity contribution in [3.05, 3.63) is 47.5 Å². The smallest absolute Gasteiger partial charge is 0.334 e. The Morgan fingerprint density at radius 3 is 1.21 bits per heavy atom. The maximum atomic E-state index is 12.1. The maximum Gasteiger partial charge on any atom is 0.334 e. The highest BCUT2D eigenvalue weighted by molar-refractivity contribution is 9.11. The Kier molecular flexibility index (Phi) is 111. The zero-order valence-electron chi connectivity index (χ0n) is 69.2. The van der Waals surface area contributed by atoms with Crippen LogP contribution in [-0.4, -0.2) is 223 Å². The number of allylic oxidation sites excluding steroid dienone is 5. The molecule has 0 aliphatic rings. The van der Waals surface area contributed by atoms with Gasteiger partial charge in [0.1, 0.15) is 52.7 Å². The highest BCUT2D eigenvalue weighted by Gasteiger charge is 2.39. The molecule has 0 aromatic rings. The number of unbranched alkanes of at least 4 members (excludes halogenated alkanes) is 2. The van der Waals surface area contributed by atoms with E-state index in [1.807, 2.05) is 26.8 Å². The highest BCUT2D eigenvalue weighted by atomic mass is 79.9. The molecule has 0 aliphatic carbocycles. The highest BCUT2D eigenvalue weighted by Crippen LogP contribution is 2.48. The lowest BCUT2D eigenvalue weighted by molar-refractivity contribution is -0.149. The van der Waals surface area contributed by atoms with E-state index in [1.165, 1.54) is 12.8 Å². The van der Waals surface area contributed by atoms with Crippen LogP contribution in [-0.2, 0) is 98.3 Å². The molecule has 0 saturated heterocycles. The number of ether oxygens (including phenoxy) is 8. The Labute approximate surface area is 691 Å². The van der Waals surface area contributed by atoms with Crippen molar-refractivity contribution in [2.75, 3.05) is 149 Å². The van der Waals surface area contributed by atoms with Gasteiger partial charge in [-0.2, -0.15) is 0 Å². The van der Waals surface area contributed by atoms with Crippen LogP contribution in [0.2, 0.25) is 37.8 Å². The molecule has 31 heteroatoms. The number of esters is 4. The van der Waals surface area contributed by atoms with Crippen LogP contribution in [0.1, 0.15) is 154 Å². The fraction of sp³-hybridized carbons (Fsp3) is 0.671. The molecule has 0 aromatic heterocycles. The topological polar surface area (TPSA) is 309 Å². The molecular formula is C79H135Br3O24P2Si2. The summed E-state index contributed by atoms with van der Waals surface area (Å²) in [4.78, 5) is 66.6. The molecule has 1 atom stereocenters. The molecule has 0 amide bonds. The summed E-state index contributed by atoms with van der Waals surface area (Å²) < 4.78 is 82.5. The molecule has 634 valence electrons. The van der Waals surface area contributed by atoms with Crippen molar-refractivity contribution in [2.45, 2.75) is 198 Å². The molecule has 0 heterocycles. The molecule has 0 unspecified atom stereocenters. The first-order valence-electron chi connectivity index (χ1n) is 36.5. The minimum Gasteiger partial charge on any atom is -0.464 e. The first-order valence-corrected chi connectivity index (χ1v) is 48.9. The van der Waals surface area contributed by atoms with E-state index in [1.54, 1.807) is 83.0 Å². The van der Waals surface area contributed by atoms with Crippen molar-refractivity contribution in [3.8, 4) is 71.7 Å². The number of hydrogen-bond donors (Lipinski definition) is 3. The average molecular weight is 1830 g/mol. The summed E-state index contributed by atoms with van der Waals surface area (Å²) in [5, 5.41) is 25.7. The number of alkyl halides is 2. The molecule has 0 rings (SSSR count). The molecule has 0 fully saturated rings. The summed E-state index contributed by atoms with van der Waals surface area (Å²) in [6.45, 7) is 41.8. The number of aliphatic hydroxyl groups is 3. The number of rotatable bonds is 45. The maximum absolute atomic E-state index is 12.1. The van der Waals surface area contributed by atoms with E-state index in [9.17, 15) is 33.3 Å². The average Bonchev–Trinajstić information content (AvgIpc) is 0.835. The number of hydrogen-bond acceptors (Lipinski definition) is 24. The molecule has 0 saturated carbocycles. The van der Waals surface area contributed by atoms with Gasteiger partial charge in [-0.05, 0) is 110 Å². The van der Waals surface area contributed by atoms with Gasteiger partial charge in [-0.1, -0.05) is 168 Å². The van der Waals surface area contributed by atoms with Crippen LogP contribution in [0.5, 0.6) is 0 Å². The Balaban J connectivity index is -0.000000154. The predicted octanol–water partition coefficient (Wildman–Crippen LogP) is 15.4. The SMILES string of the molecule is C#CCCO.C#CCCOCC(=O)OCC.CC(C)(C)[Si](C)(C)O[C@@H](C=O)CC#C[Si](C)(C)C.CCCCCC(=O)CBr.CCOC(=O)COCCC#C/C=C/CBr.CCOC(=O)COCCC#C/C=C/CO.CCOC(=O)COCCC#C/C=C/CP(=O)(OCC)OCC.CCOP(OCC)OCC.OC/C=C/Br. The van der Waals surface area contributed by atoms with Crippen molar-refractivity contribution >= 4 is 116 Å². The third kappa shape index (κ3) is 114. The standard InChI is InChI=1S/C15H25O6P.C14H28O2Si2.C11H15BrO3.C11H16O4.C8H12O3.C7H13BrO.C6H15O3P.C4H6O.C3H5BrO/c1-4-19-15(16)14-18-12-10-8-7-9-11-13-22(17,20-5-2)21-6-3;1-14(2,3)18(7,8)16-13(12-15)10-9-11-17(4,5)6;2*1-2-15-11(13)10-14-9-7-5-3-4-6-8-12;1-3-5-6-10-7-8(9)11-4-2;1-2-3-4-5-7(9)6-8;1-4-7-10(8-5-2)9-6-3;1-2-3-4-5;4-2-1-3-5/h9,11H,4-6,10,12-14H2,1-3H3;12-13H,10H2,1-8H3;4,6H,2,7-10H2,1H3;4,6,12H,2,7-10H2,1H3;1H,4-7H2,2H3;2-6H2,1H3;4-6H2,1-3H3;1,5H,3-4H2;1-2,5H,3H2/b11-9+;;2*6-4+;;;;;2-1+/t;13-;;;;;;;/m.1......./s1. The van der Waals surface area contributed by atoms with Gasteiger partial charge in [0, 0.05) is 50.3 Å². The number of aldehydes is 1. The molecule has 0 bridgehead atoms. The summed E-state index contributed by atoms with van der Waals surface area (Å²) in [6, 6.07) is 0. The second kappa shape index (κ2) is 98.7. The van der Waals surface area contributed by atoms with E-state index >= 15 is 0 Å². The largest absolute Gasteiger partial charge is 0.464 e. The summed E-state index contributed by atoms with van der Waals surface area (Å²) in [5.41, 5.74) is 3.28. The molecule has 24 nitrogen and oxygen atoms in total. The van der Waals surface area contributed by atoms with Crippen LogP contribution in [0, 0.1) is 71.7 Å². The zero-order valence-corrected chi connectivity index (χ0v) is 77.8. The Hall–Kier alpha value is -4.45. The van der Waals surface area contributed by atoms with Crippen molar-refractivity contribution in [1.29, 1.82) is 0 Å². The summed E-state index contributed by atoms with van der Waals surface area (Å²) in [7, 11) is -7.32. The number of terminal acetylenes is 2. The quantitative estimate of drug-likeness (QED) is 0.00745. The lowest BCUT2D eigenvalue weighted by atomic mass is 10.2. The normalized spacial score (nSPS) is 10.7. The second-order valence-electron chi connectivity index (χ2n) is 22.9.